The van der Waals surface area contributed by atoms with Crippen LogP contribution < -0.4 is 20.3 Å². The molecule has 0 atom stereocenters. The topological polar surface area (TPSA) is 96.7 Å². The summed E-state index contributed by atoms with van der Waals surface area (Å²) >= 11 is 0. The molecule has 1 aliphatic carbocycles. The van der Waals surface area contributed by atoms with Crippen molar-refractivity contribution in [1.82, 2.24) is 0 Å². The smallest absolute Gasteiger partial charge is 0.186 e. The zero-order chi connectivity index (χ0) is 25.5. The van der Waals surface area contributed by atoms with Gasteiger partial charge in [-0.1, -0.05) is 32.0 Å². The molecule has 4 rings (SSSR count). The number of Topliss-reactive ketones (excluding diaryl/α,β-unsaturated/α-hetero) is 1. The fourth-order valence-electron chi connectivity index (χ4n) is 3.76. The van der Waals surface area contributed by atoms with Crippen LogP contribution in [0.3, 0.4) is 0 Å². The van der Waals surface area contributed by atoms with E-state index in [0.29, 0.717) is 17.1 Å². The lowest BCUT2D eigenvalue weighted by molar-refractivity contribution is -0.114. The van der Waals surface area contributed by atoms with Crippen molar-refractivity contribution < 1.29 is 14.3 Å². The molecular weight excluding hydrogens is 454 g/mol. The monoisotopic (exact) mass is 483 g/mol. The number of hydrazone groups is 2. The fraction of sp³-hybridized carbons (Fsp3) is 0.214. The number of nitrogens with one attached hydrogen (secondary N) is 2. The van der Waals surface area contributed by atoms with Gasteiger partial charge < -0.3 is 9.47 Å². The van der Waals surface area contributed by atoms with E-state index in [0.717, 1.165) is 22.9 Å². The highest BCUT2D eigenvalue weighted by molar-refractivity contribution is 6.84. The summed E-state index contributed by atoms with van der Waals surface area (Å²) in [5.41, 5.74) is 9.02. The van der Waals surface area contributed by atoms with Crippen molar-refractivity contribution in [3.05, 3.63) is 78.9 Å². The number of methoxy groups -OCH3 is 2. The van der Waals surface area contributed by atoms with Gasteiger partial charge in [-0.3, -0.25) is 15.6 Å². The molecule has 0 unspecified atom stereocenters. The third-order valence-electron chi connectivity index (χ3n) is 5.73. The number of hydrogen-bond acceptors (Lipinski definition) is 8. The molecule has 0 aromatic heterocycles. The first kappa shape index (κ1) is 24.7. The minimum absolute atomic E-state index is 0.112. The number of aliphatic imine (C=N–C) groups is 1. The molecule has 8 heteroatoms. The quantitative estimate of drug-likeness (QED) is 0.420. The predicted octanol–water partition coefficient (Wildman–Crippen LogP) is 5.71. The predicted molar refractivity (Wildman–Crippen MR) is 145 cm³/mol. The summed E-state index contributed by atoms with van der Waals surface area (Å²) in [6, 6.07) is 24.2. The number of ketones is 1. The average Bonchev–Trinajstić information content (AvgIpc) is 2.89. The van der Waals surface area contributed by atoms with Gasteiger partial charge in [-0.25, -0.2) is 4.99 Å². The number of hydrogen-bond donors (Lipinski definition) is 2. The van der Waals surface area contributed by atoms with Gasteiger partial charge in [-0.2, -0.15) is 10.2 Å². The van der Waals surface area contributed by atoms with Gasteiger partial charge in [-0.05, 0) is 60.7 Å². The Hall–Kier alpha value is -4.46. The van der Waals surface area contributed by atoms with Crippen LogP contribution in [0.4, 0.5) is 17.1 Å². The van der Waals surface area contributed by atoms with E-state index in [1.165, 1.54) is 0 Å². The van der Waals surface area contributed by atoms with Crippen LogP contribution in [0.1, 0.15) is 20.3 Å². The molecule has 0 amide bonds. The largest absolute Gasteiger partial charge is 0.497 e. The van der Waals surface area contributed by atoms with E-state index in [1.54, 1.807) is 14.2 Å². The van der Waals surface area contributed by atoms with E-state index in [-0.39, 0.29) is 17.9 Å². The van der Waals surface area contributed by atoms with Crippen molar-refractivity contribution >= 4 is 40.0 Å². The summed E-state index contributed by atoms with van der Waals surface area (Å²) in [5.74, 6) is 1.37. The number of nitrogens with zero attached hydrogens (tertiary/aromatic N) is 3. The molecule has 184 valence electrons. The zero-order valence-electron chi connectivity index (χ0n) is 20.8. The molecule has 3 aromatic rings. The lowest BCUT2D eigenvalue weighted by atomic mass is 9.73. The first-order chi connectivity index (χ1) is 17.4. The summed E-state index contributed by atoms with van der Waals surface area (Å²) in [5, 5.41) is 9.20. The van der Waals surface area contributed by atoms with Gasteiger partial charge >= 0.3 is 0 Å². The van der Waals surface area contributed by atoms with Gasteiger partial charge in [0.1, 0.15) is 17.2 Å². The Morgan fingerprint density at radius 3 is 1.78 bits per heavy atom. The standard InChI is InChI=1S/C28H29N5O3/c1-28(2)18-24(34)25(32-30-20-10-14-22(35-3)15-11-20)26(29-19-8-6-5-7-9-19)27(28)33-31-21-12-16-23(36-4)17-13-21/h5-17,30-31H,18H2,1-4H3/b29-26?,32-25+,33-27+. The average molecular weight is 484 g/mol. The van der Waals surface area contributed by atoms with Crippen LogP contribution in [0.15, 0.2) is 94.1 Å². The van der Waals surface area contributed by atoms with Gasteiger partial charge in [-0.15, -0.1) is 0 Å². The Morgan fingerprint density at radius 1 is 0.722 bits per heavy atom. The Balaban J connectivity index is 1.74. The van der Waals surface area contributed by atoms with Crippen molar-refractivity contribution in [3.63, 3.8) is 0 Å². The van der Waals surface area contributed by atoms with Crippen molar-refractivity contribution in [2.45, 2.75) is 20.3 Å². The van der Waals surface area contributed by atoms with Crippen molar-refractivity contribution in [1.29, 1.82) is 0 Å². The van der Waals surface area contributed by atoms with Crippen LogP contribution in [-0.2, 0) is 4.79 Å². The lowest BCUT2D eigenvalue weighted by Gasteiger charge is -2.32. The minimum atomic E-state index is -0.566. The molecule has 1 aliphatic rings. The summed E-state index contributed by atoms with van der Waals surface area (Å²) in [7, 11) is 3.23. The van der Waals surface area contributed by atoms with Crippen molar-refractivity contribution in [3.8, 4) is 11.5 Å². The summed E-state index contributed by atoms with van der Waals surface area (Å²) < 4.78 is 10.4. The number of para-hydroxylation sites is 1. The van der Waals surface area contributed by atoms with Crippen LogP contribution in [-0.4, -0.2) is 37.1 Å². The Labute approximate surface area is 210 Å². The second-order valence-corrected chi connectivity index (χ2v) is 8.88. The maximum absolute atomic E-state index is 13.3. The fourth-order valence-corrected chi connectivity index (χ4v) is 3.76. The molecule has 0 aliphatic heterocycles. The number of benzene rings is 3. The number of carbonyl (C=O) groups is 1. The van der Waals surface area contributed by atoms with E-state index < -0.39 is 5.41 Å². The van der Waals surface area contributed by atoms with E-state index in [1.807, 2.05) is 92.7 Å². The van der Waals surface area contributed by atoms with E-state index >= 15 is 0 Å². The molecule has 1 saturated carbocycles. The zero-order valence-corrected chi connectivity index (χ0v) is 20.8. The summed E-state index contributed by atoms with van der Waals surface area (Å²) in [6.45, 7) is 3.96. The van der Waals surface area contributed by atoms with Gasteiger partial charge in [0, 0.05) is 11.8 Å². The highest BCUT2D eigenvalue weighted by Gasteiger charge is 2.42. The van der Waals surface area contributed by atoms with Crippen molar-refractivity contribution in [2.75, 3.05) is 25.1 Å². The molecule has 0 bridgehead atoms. The van der Waals surface area contributed by atoms with Gasteiger partial charge in [0.05, 0.1) is 37.0 Å². The third kappa shape index (κ3) is 5.78. The summed E-state index contributed by atoms with van der Waals surface area (Å²) in [6.07, 6.45) is 0.243. The first-order valence-electron chi connectivity index (χ1n) is 11.5. The van der Waals surface area contributed by atoms with Crippen molar-refractivity contribution in [2.24, 2.45) is 20.6 Å². The molecule has 0 heterocycles. The van der Waals surface area contributed by atoms with Crippen LogP contribution >= 0.6 is 0 Å². The number of anilines is 2. The number of carbonyl (C=O) groups excluding carboxylic acids is 1. The number of ether oxygens (including phenoxy) is 2. The van der Waals surface area contributed by atoms with Crippen LogP contribution in [0.5, 0.6) is 11.5 Å². The normalized spacial score (nSPS) is 18.3. The molecule has 0 saturated heterocycles. The maximum atomic E-state index is 13.3. The first-order valence-corrected chi connectivity index (χ1v) is 11.5. The van der Waals surface area contributed by atoms with Crippen LogP contribution in [0, 0.1) is 5.41 Å². The Morgan fingerprint density at radius 2 is 1.25 bits per heavy atom. The maximum Gasteiger partial charge on any atom is 0.186 e. The number of rotatable bonds is 7. The molecule has 3 aromatic carbocycles. The molecule has 0 radical (unpaired) electrons. The van der Waals surface area contributed by atoms with E-state index in [9.17, 15) is 4.79 Å². The Kier molecular flexibility index (Phi) is 7.44. The van der Waals surface area contributed by atoms with E-state index in [2.05, 4.69) is 16.0 Å². The molecule has 36 heavy (non-hydrogen) atoms. The molecule has 2 N–H and O–H groups in total. The lowest BCUT2D eigenvalue weighted by Crippen LogP contribution is -2.47. The highest BCUT2D eigenvalue weighted by Crippen LogP contribution is 2.31. The molecule has 8 nitrogen and oxygen atoms in total. The van der Waals surface area contributed by atoms with Gasteiger partial charge in [0.15, 0.2) is 11.5 Å². The second kappa shape index (κ2) is 10.9. The second-order valence-electron chi connectivity index (χ2n) is 8.88. The molecule has 1 fully saturated rings. The highest BCUT2D eigenvalue weighted by atomic mass is 16.5. The minimum Gasteiger partial charge on any atom is -0.497 e. The summed E-state index contributed by atoms with van der Waals surface area (Å²) in [4.78, 5) is 18.1. The molecular formula is C28H29N5O3. The van der Waals surface area contributed by atoms with Crippen LogP contribution in [0.2, 0.25) is 0 Å². The third-order valence-corrected chi connectivity index (χ3v) is 5.73. The van der Waals surface area contributed by atoms with Crippen LogP contribution in [0.25, 0.3) is 0 Å². The Bertz CT molecular complexity index is 1300. The SMILES string of the molecule is COc1ccc(N/N=C2\C(=O)CC(C)(C)/C(=N/Nc3ccc(OC)cc3)C2=Nc2ccccc2)cc1. The van der Waals surface area contributed by atoms with E-state index in [4.69, 9.17) is 19.6 Å². The van der Waals surface area contributed by atoms with Gasteiger partial charge in [0.2, 0.25) is 0 Å². The van der Waals surface area contributed by atoms with Gasteiger partial charge in [0.25, 0.3) is 0 Å². The molecule has 0 spiro atoms.